The van der Waals surface area contributed by atoms with Gasteiger partial charge in [0, 0.05) is 18.9 Å². The third-order valence-electron chi connectivity index (χ3n) is 2.69. The average molecular weight is 248 g/mol. The number of nitrogens with two attached hydrogens (primary N) is 1. The second kappa shape index (κ2) is 4.81. The number of nitrogens with one attached hydrogen (secondary N) is 2. The maximum absolute atomic E-state index is 5.40. The molecule has 0 saturated carbocycles. The van der Waals surface area contributed by atoms with Crippen molar-refractivity contribution in [1.82, 2.24) is 14.4 Å². The van der Waals surface area contributed by atoms with E-state index in [-0.39, 0.29) is 0 Å². The third kappa shape index (κ3) is 2.89. The van der Waals surface area contributed by atoms with E-state index in [0.29, 0.717) is 11.2 Å². The van der Waals surface area contributed by atoms with Crippen LogP contribution in [0, 0.1) is 5.41 Å². The monoisotopic (exact) mass is 248 g/mol. The van der Waals surface area contributed by atoms with Gasteiger partial charge in [0.25, 0.3) is 0 Å². The number of nitrogen functional groups attached to an aromatic ring is 1. The summed E-state index contributed by atoms with van der Waals surface area (Å²) in [5.74, 6) is 6.76. The van der Waals surface area contributed by atoms with Crippen LogP contribution in [0.3, 0.4) is 0 Å². The minimum Gasteiger partial charge on any atom is -0.367 e. The fourth-order valence-electron chi connectivity index (χ4n) is 1.68. The lowest BCUT2D eigenvalue weighted by Gasteiger charge is -2.18. The zero-order valence-corrected chi connectivity index (χ0v) is 11.1. The summed E-state index contributed by atoms with van der Waals surface area (Å²) in [7, 11) is 0. The summed E-state index contributed by atoms with van der Waals surface area (Å²) in [6.45, 7) is 7.49. The van der Waals surface area contributed by atoms with Gasteiger partial charge in [0.15, 0.2) is 17.3 Å². The standard InChI is InChI=1S/C12H20N6/c1-12(2,3)4-5-14-10-11-15-6-7-18(11)8-9(16-10)17-13/h6-8,17H,4-5,13H2,1-3H3,(H,14,16). The molecular weight excluding hydrogens is 228 g/mol. The predicted molar refractivity (Wildman–Crippen MR) is 73.4 cm³/mol. The highest BCUT2D eigenvalue weighted by Gasteiger charge is 2.11. The molecule has 0 aliphatic rings. The first kappa shape index (κ1) is 12.6. The average Bonchev–Trinajstić information content (AvgIpc) is 2.75. The van der Waals surface area contributed by atoms with Crippen LogP contribution in [0.2, 0.25) is 0 Å². The number of fused-ring (bicyclic) bond motifs is 1. The SMILES string of the molecule is CC(C)(C)CCNc1nc(NN)cn2ccnc12. The molecule has 0 saturated heterocycles. The van der Waals surface area contributed by atoms with Crippen LogP contribution in [0.15, 0.2) is 18.6 Å². The van der Waals surface area contributed by atoms with Crippen molar-refractivity contribution in [3.63, 3.8) is 0 Å². The van der Waals surface area contributed by atoms with Crippen molar-refractivity contribution in [2.45, 2.75) is 27.2 Å². The van der Waals surface area contributed by atoms with E-state index in [1.165, 1.54) is 0 Å². The molecule has 0 unspecified atom stereocenters. The summed E-state index contributed by atoms with van der Waals surface area (Å²) in [5.41, 5.74) is 3.66. The lowest BCUT2D eigenvalue weighted by Crippen LogP contribution is -2.15. The maximum Gasteiger partial charge on any atom is 0.180 e. The van der Waals surface area contributed by atoms with Gasteiger partial charge in [-0.15, -0.1) is 0 Å². The van der Waals surface area contributed by atoms with Crippen LogP contribution >= 0.6 is 0 Å². The van der Waals surface area contributed by atoms with Crippen LogP contribution in [0.1, 0.15) is 27.2 Å². The van der Waals surface area contributed by atoms with E-state index in [4.69, 9.17) is 5.84 Å². The second-order valence-electron chi connectivity index (χ2n) is 5.51. The largest absolute Gasteiger partial charge is 0.367 e. The predicted octanol–water partition coefficient (Wildman–Crippen LogP) is 1.86. The summed E-state index contributed by atoms with van der Waals surface area (Å²) in [6.07, 6.45) is 6.47. The van der Waals surface area contributed by atoms with E-state index in [2.05, 4.69) is 41.5 Å². The normalized spacial score (nSPS) is 11.8. The lowest BCUT2D eigenvalue weighted by atomic mass is 9.92. The van der Waals surface area contributed by atoms with Crippen LogP contribution in [0.25, 0.3) is 5.65 Å². The molecule has 0 bridgehead atoms. The van der Waals surface area contributed by atoms with Crippen molar-refractivity contribution >= 4 is 17.3 Å². The number of anilines is 2. The van der Waals surface area contributed by atoms with E-state index in [0.717, 1.165) is 24.4 Å². The van der Waals surface area contributed by atoms with Crippen LogP contribution in [-0.2, 0) is 0 Å². The van der Waals surface area contributed by atoms with Crippen LogP contribution in [0.5, 0.6) is 0 Å². The van der Waals surface area contributed by atoms with E-state index in [9.17, 15) is 0 Å². The molecule has 0 aliphatic carbocycles. The molecule has 0 radical (unpaired) electrons. The van der Waals surface area contributed by atoms with Crippen LogP contribution < -0.4 is 16.6 Å². The molecule has 2 rings (SSSR count). The molecule has 0 spiro atoms. The highest BCUT2D eigenvalue weighted by molar-refractivity contribution is 5.65. The number of aromatic nitrogens is 3. The Labute approximate surface area is 107 Å². The Hall–Kier alpha value is -1.82. The first-order valence-electron chi connectivity index (χ1n) is 6.04. The number of rotatable bonds is 4. The molecule has 2 aromatic rings. The minimum absolute atomic E-state index is 0.294. The van der Waals surface area contributed by atoms with Gasteiger partial charge in [-0.3, -0.25) is 0 Å². The molecule has 98 valence electrons. The minimum atomic E-state index is 0.294. The lowest BCUT2D eigenvalue weighted by molar-refractivity contribution is 0.389. The molecule has 4 N–H and O–H groups in total. The Balaban J connectivity index is 2.18. The molecular formula is C12H20N6. The van der Waals surface area contributed by atoms with Gasteiger partial charge >= 0.3 is 0 Å². The molecule has 6 heteroatoms. The Morgan fingerprint density at radius 2 is 2.17 bits per heavy atom. The molecule has 2 heterocycles. The number of nitrogens with zero attached hydrogens (tertiary/aromatic N) is 3. The first-order valence-corrected chi connectivity index (χ1v) is 6.04. The third-order valence-corrected chi connectivity index (χ3v) is 2.69. The molecule has 0 aromatic carbocycles. The van der Waals surface area contributed by atoms with Gasteiger partial charge in [-0.2, -0.15) is 0 Å². The zero-order chi connectivity index (χ0) is 13.2. The van der Waals surface area contributed by atoms with E-state index in [1.54, 1.807) is 12.4 Å². The highest BCUT2D eigenvalue weighted by Crippen LogP contribution is 2.20. The smallest absolute Gasteiger partial charge is 0.180 e. The van der Waals surface area contributed by atoms with Gasteiger partial charge in [0.2, 0.25) is 0 Å². The number of hydrogen-bond acceptors (Lipinski definition) is 5. The number of hydrazine groups is 1. The molecule has 0 amide bonds. The van der Waals surface area contributed by atoms with Gasteiger partial charge in [0.05, 0.1) is 6.20 Å². The summed E-state index contributed by atoms with van der Waals surface area (Å²) in [4.78, 5) is 8.66. The molecule has 2 aromatic heterocycles. The quantitative estimate of drug-likeness (QED) is 0.568. The summed E-state index contributed by atoms with van der Waals surface area (Å²) < 4.78 is 1.89. The van der Waals surface area contributed by atoms with E-state index < -0.39 is 0 Å². The van der Waals surface area contributed by atoms with Crippen molar-refractivity contribution < 1.29 is 0 Å². The Morgan fingerprint density at radius 3 is 2.83 bits per heavy atom. The highest BCUT2D eigenvalue weighted by atomic mass is 15.3. The molecule has 0 fully saturated rings. The summed E-state index contributed by atoms with van der Waals surface area (Å²) in [6, 6.07) is 0. The van der Waals surface area contributed by atoms with Gasteiger partial charge in [-0.1, -0.05) is 20.8 Å². The van der Waals surface area contributed by atoms with Crippen molar-refractivity contribution in [2.75, 3.05) is 17.3 Å². The van der Waals surface area contributed by atoms with Gasteiger partial charge in [-0.05, 0) is 11.8 Å². The number of imidazole rings is 1. The van der Waals surface area contributed by atoms with Gasteiger partial charge in [0.1, 0.15) is 0 Å². The van der Waals surface area contributed by atoms with E-state index in [1.807, 2.05) is 10.6 Å². The topological polar surface area (TPSA) is 80.3 Å². The van der Waals surface area contributed by atoms with Crippen molar-refractivity contribution in [3.05, 3.63) is 18.6 Å². The number of hydrogen-bond donors (Lipinski definition) is 3. The van der Waals surface area contributed by atoms with Crippen molar-refractivity contribution in [2.24, 2.45) is 11.3 Å². The summed E-state index contributed by atoms with van der Waals surface area (Å²) >= 11 is 0. The van der Waals surface area contributed by atoms with Gasteiger partial charge < -0.3 is 15.1 Å². The summed E-state index contributed by atoms with van der Waals surface area (Å²) in [5, 5.41) is 3.32. The first-order chi connectivity index (χ1) is 8.49. The van der Waals surface area contributed by atoms with Crippen LogP contribution in [0.4, 0.5) is 11.6 Å². The Bertz CT molecular complexity index is 525. The fourth-order valence-corrected chi connectivity index (χ4v) is 1.68. The fraction of sp³-hybridized carbons (Fsp3) is 0.500. The molecule has 18 heavy (non-hydrogen) atoms. The van der Waals surface area contributed by atoms with Crippen molar-refractivity contribution in [3.8, 4) is 0 Å². The maximum atomic E-state index is 5.40. The van der Waals surface area contributed by atoms with Gasteiger partial charge in [-0.25, -0.2) is 15.8 Å². The second-order valence-corrected chi connectivity index (χ2v) is 5.51. The van der Waals surface area contributed by atoms with E-state index >= 15 is 0 Å². The molecule has 6 nitrogen and oxygen atoms in total. The molecule has 0 atom stereocenters. The Morgan fingerprint density at radius 1 is 1.39 bits per heavy atom. The van der Waals surface area contributed by atoms with Crippen molar-refractivity contribution in [1.29, 1.82) is 0 Å². The van der Waals surface area contributed by atoms with Crippen LogP contribution in [-0.4, -0.2) is 20.9 Å². The molecule has 0 aliphatic heterocycles. The Kier molecular flexibility index (Phi) is 3.38. The zero-order valence-electron chi connectivity index (χ0n) is 11.1.